The van der Waals surface area contributed by atoms with Crippen LogP contribution in [-0.4, -0.2) is 0 Å². The zero-order valence-electron chi connectivity index (χ0n) is 6.93. The van der Waals surface area contributed by atoms with Gasteiger partial charge < -0.3 is 0 Å². The molecule has 3 fully saturated rings. The van der Waals surface area contributed by atoms with E-state index in [9.17, 15) is 0 Å². The van der Waals surface area contributed by atoms with Crippen molar-refractivity contribution in [1.29, 1.82) is 0 Å². The lowest BCUT2D eigenvalue weighted by atomic mass is 9.62. The van der Waals surface area contributed by atoms with Crippen LogP contribution in [0.2, 0.25) is 0 Å². The SMILES string of the molecule is CC1CC23C(C)C2CCC13. The summed E-state index contributed by atoms with van der Waals surface area (Å²) in [4.78, 5) is 0. The Morgan fingerprint density at radius 2 is 1.80 bits per heavy atom. The molecule has 10 heavy (non-hydrogen) atoms. The van der Waals surface area contributed by atoms with E-state index >= 15 is 0 Å². The molecule has 3 aliphatic rings. The summed E-state index contributed by atoms with van der Waals surface area (Å²) >= 11 is 0. The zero-order chi connectivity index (χ0) is 6.93. The van der Waals surface area contributed by atoms with Crippen molar-refractivity contribution in [2.24, 2.45) is 29.1 Å². The fourth-order valence-electron chi connectivity index (χ4n) is 4.36. The van der Waals surface area contributed by atoms with Crippen LogP contribution in [0.5, 0.6) is 0 Å². The third kappa shape index (κ3) is 0.339. The van der Waals surface area contributed by atoms with E-state index in [-0.39, 0.29) is 0 Å². The molecule has 0 aromatic heterocycles. The van der Waals surface area contributed by atoms with E-state index in [1.54, 1.807) is 19.3 Å². The minimum absolute atomic E-state index is 0.930. The van der Waals surface area contributed by atoms with E-state index in [1.807, 2.05) is 0 Å². The summed E-state index contributed by atoms with van der Waals surface area (Å²) in [6, 6.07) is 0. The van der Waals surface area contributed by atoms with Gasteiger partial charge in [-0.25, -0.2) is 0 Å². The van der Waals surface area contributed by atoms with Crippen molar-refractivity contribution in [3.05, 3.63) is 0 Å². The van der Waals surface area contributed by atoms with Gasteiger partial charge in [0.15, 0.2) is 0 Å². The highest BCUT2D eigenvalue weighted by Crippen LogP contribution is 2.80. The van der Waals surface area contributed by atoms with Crippen molar-refractivity contribution >= 4 is 0 Å². The van der Waals surface area contributed by atoms with Gasteiger partial charge in [-0.3, -0.25) is 0 Å². The van der Waals surface area contributed by atoms with E-state index in [4.69, 9.17) is 0 Å². The Bertz CT molecular complexity index is 184. The van der Waals surface area contributed by atoms with Crippen molar-refractivity contribution in [2.75, 3.05) is 0 Å². The Hall–Kier alpha value is 0. The summed E-state index contributed by atoms with van der Waals surface area (Å²) in [5.74, 6) is 4.53. The molecule has 3 saturated carbocycles. The van der Waals surface area contributed by atoms with Crippen LogP contribution in [-0.2, 0) is 0 Å². The van der Waals surface area contributed by atoms with E-state index in [0.717, 1.165) is 23.2 Å². The van der Waals surface area contributed by atoms with Crippen molar-refractivity contribution in [3.8, 4) is 0 Å². The van der Waals surface area contributed by atoms with Crippen LogP contribution in [0.25, 0.3) is 0 Å². The molecule has 0 radical (unpaired) electrons. The van der Waals surface area contributed by atoms with Crippen molar-refractivity contribution in [2.45, 2.75) is 33.1 Å². The third-order valence-corrected chi connectivity index (χ3v) is 4.87. The molecule has 0 N–H and O–H groups in total. The maximum atomic E-state index is 2.47. The van der Waals surface area contributed by atoms with Crippen molar-refractivity contribution in [3.63, 3.8) is 0 Å². The van der Waals surface area contributed by atoms with Crippen LogP contribution in [0.1, 0.15) is 33.1 Å². The van der Waals surface area contributed by atoms with Crippen LogP contribution in [0.3, 0.4) is 0 Å². The van der Waals surface area contributed by atoms with Gasteiger partial charge in [0.1, 0.15) is 0 Å². The van der Waals surface area contributed by atoms with Gasteiger partial charge in [-0.2, -0.15) is 0 Å². The van der Waals surface area contributed by atoms with Crippen LogP contribution in [0.4, 0.5) is 0 Å². The number of rotatable bonds is 0. The predicted molar refractivity (Wildman–Crippen MR) is 41.6 cm³/mol. The van der Waals surface area contributed by atoms with E-state index in [2.05, 4.69) is 13.8 Å². The van der Waals surface area contributed by atoms with E-state index in [1.165, 1.54) is 5.92 Å². The second-order valence-electron chi connectivity index (χ2n) is 4.87. The molecule has 3 aliphatic carbocycles. The van der Waals surface area contributed by atoms with Crippen molar-refractivity contribution < 1.29 is 0 Å². The van der Waals surface area contributed by atoms with Gasteiger partial charge in [-0.05, 0) is 48.3 Å². The Balaban J connectivity index is 1.94. The number of hydrogen-bond acceptors (Lipinski definition) is 0. The molecule has 0 aromatic carbocycles. The molecular formula is C10H16. The summed E-state index contributed by atoms with van der Waals surface area (Å²) < 4.78 is 0. The summed E-state index contributed by atoms with van der Waals surface area (Å²) in [5, 5.41) is 0. The van der Waals surface area contributed by atoms with Gasteiger partial charge in [0.25, 0.3) is 0 Å². The predicted octanol–water partition coefficient (Wildman–Crippen LogP) is 2.69. The highest BCUT2D eigenvalue weighted by molar-refractivity contribution is 5.22. The normalized spacial score (nSPS) is 70.2. The molecule has 0 saturated heterocycles. The monoisotopic (exact) mass is 136 g/mol. The van der Waals surface area contributed by atoms with Gasteiger partial charge in [0, 0.05) is 0 Å². The van der Waals surface area contributed by atoms with Crippen LogP contribution < -0.4 is 0 Å². The average molecular weight is 136 g/mol. The summed E-state index contributed by atoms with van der Waals surface area (Å²) in [5.41, 5.74) is 0.930. The fourth-order valence-corrected chi connectivity index (χ4v) is 4.36. The Morgan fingerprint density at radius 1 is 1.10 bits per heavy atom. The second kappa shape index (κ2) is 1.31. The van der Waals surface area contributed by atoms with Gasteiger partial charge in [-0.15, -0.1) is 0 Å². The molecule has 0 nitrogen and oxygen atoms in total. The molecule has 0 aliphatic heterocycles. The second-order valence-corrected chi connectivity index (χ2v) is 4.87. The molecule has 5 unspecified atom stereocenters. The third-order valence-electron chi connectivity index (χ3n) is 4.87. The lowest BCUT2D eigenvalue weighted by molar-refractivity contribution is 0.0605. The molecule has 5 atom stereocenters. The molecule has 1 spiro atoms. The molecule has 0 heterocycles. The van der Waals surface area contributed by atoms with Gasteiger partial charge >= 0.3 is 0 Å². The first kappa shape index (κ1) is 5.62. The minimum atomic E-state index is 0.930. The molecule has 3 rings (SSSR count). The Kier molecular flexibility index (Phi) is 0.735. The smallest absolute Gasteiger partial charge is 0.0204 e. The maximum absolute atomic E-state index is 2.47. The summed E-state index contributed by atoms with van der Waals surface area (Å²) in [6.07, 6.45) is 4.70. The highest BCUT2D eigenvalue weighted by Gasteiger charge is 2.74. The molecule has 0 amide bonds. The molecular weight excluding hydrogens is 120 g/mol. The Labute approximate surface area is 63.0 Å². The maximum Gasteiger partial charge on any atom is -0.0204 e. The first-order valence-electron chi connectivity index (χ1n) is 4.77. The van der Waals surface area contributed by atoms with Gasteiger partial charge in [-0.1, -0.05) is 13.8 Å². The first-order valence-corrected chi connectivity index (χ1v) is 4.77. The fraction of sp³-hybridized carbons (Fsp3) is 1.00. The zero-order valence-corrected chi connectivity index (χ0v) is 6.93. The minimum Gasteiger partial charge on any atom is -0.0622 e. The Morgan fingerprint density at radius 3 is 2.30 bits per heavy atom. The average Bonchev–Trinajstić information content (AvgIpc) is 2.40. The van der Waals surface area contributed by atoms with Crippen molar-refractivity contribution in [1.82, 2.24) is 0 Å². The molecule has 0 bridgehead atoms. The van der Waals surface area contributed by atoms with E-state index in [0.29, 0.717) is 0 Å². The topological polar surface area (TPSA) is 0 Å². The quantitative estimate of drug-likeness (QED) is 0.480. The van der Waals surface area contributed by atoms with Crippen LogP contribution in [0.15, 0.2) is 0 Å². The standard InChI is InChI=1S/C10H16/c1-6-5-10-7(2)9(10)4-3-8(6)10/h6-9H,3-5H2,1-2H3. The lowest BCUT2D eigenvalue weighted by Gasteiger charge is -2.43. The van der Waals surface area contributed by atoms with Crippen LogP contribution >= 0.6 is 0 Å². The largest absolute Gasteiger partial charge is 0.0622 e. The molecule has 0 heteroatoms. The summed E-state index contributed by atoms with van der Waals surface area (Å²) in [7, 11) is 0. The summed E-state index contributed by atoms with van der Waals surface area (Å²) in [6.45, 7) is 4.92. The molecule has 56 valence electrons. The van der Waals surface area contributed by atoms with E-state index < -0.39 is 0 Å². The molecule has 0 aromatic rings. The van der Waals surface area contributed by atoms with Gasteiger partial charge in [0.05, 0.1) is 0 Å². The number of hydrogen-bond donors (Lipinski definition) is 0. The van der Waals surface area contributed by atoms with Gasteiger partial charge in [0.2, 0.25) is 0 Å². The van der Waals surface area contributed by atoms with Crippen LogP contribution in [0, 0.1) is 29.1 Å². The lowest BCUT2D eigenvalue weighted by Crippen LogP contribution is -2.35. The highest BCUT2D eigenvalue weighted by atomic mass is 14.8. The first-order chi connectivity index (χ1) is 4.77.